The van der Waals surface area contributed by atoms with Crippen LogP contribution in [0.1, 0.15) is 16.7 Å². The molecule has 0 saturated heterocycles. The van der Waals surface area contributed by atoms with Gasteiger partial charge < -0.3 is 14.8 Å². The van der Waals surface area contributed by atoms with Gasteiger partial charge in [-0.2, -0.15) is 10.5 Å². The number of nitrogens with one attached hydrogen (secondary N) is 1. The lowest BCUT2D eigenvalue weighted by molar-refractivity contribution is -0.112. The van der Waals surface area contributed by atoms with Crippen LogP contribution in [0, 0.1) is 22.7 Å². The standard InChI is InChI=1S/C25H16BrCl2N3O3/c1-33-23-10-15(8-18(13-30)25(32)31-19-6-7-21(27)22(28)11-19)9-20(26)24(23)34-14-17-5-3-2-4-16(17)12-29/h2-11H,14H2,1H3,(H,31,32)/b18-8+. The Hall–Kier alpha value is -3.49. The molecule has 0 aromatic heterocycles. The van der Waals surface area contributed by atoms with E-state index in [1.54, 1.807) is 36.4 Å². The molecule has 6 nitrogen and oxygen atoms in total. The molecule has 34 heavy (non-hydrogen) atoms. The molecule has 3 rings (SSSR count). The van der Waals surface area contributed by atoms with Crippen LogP contribution in [0.3, 0.4) is 0 Å². The van der Waals surface area contributed by atoms with Gasteiger partial charge in [-0.1, -0.05) is 41.4 Å². The fourth-order valence-electron chi connectivity index (χ4n) is 2.96. The van der Waals surface area contributed by atoms with Crippen molar-refractivity contribution in [2.75, 3.05) is 12.4 Å². The molecule has 0 aliphatic heterocycles. The van der Waals surface area contributed by atoms with Crippen LogP contribution in [0.15, 0.2) is 64.6 Å². The first-order valence-corrected chi connectivity index (χ1v) is 11.3. The first-order chi connectivity index (χ1) is 16.4. The molecule has 3 aromatic rings. The fourth-order valence-corrected chi connectivity index (χ4v) is 3.83. The second-order valence-corrected chi connectivity index (χ2v) is 8.51. The predicted molar refractivity (Wildman–Crippen MR) is 135 cm³/mol. The molecule has 0 atom stereocenters. The first kappa shape index (κ1) is 25.1. The van der Waals surface area contributed by atoms with Crippen molar-refractivity contribution in [3.05, 3.63) is 91.4 Å². The normalized spacial score (nSPS) is 10.7. The quantitative estimate of drug-likeness (QED) is 0.256. The van der Waals surface area contributed by atoms with Crippen LogP contribution in [-0.4, -0.2) is 13.0 Å². The third-order valence-electron chi connectivity index (χ3n) is 4.62. The van der Waals surface area contributed by atoms with Crippen molar-refractivity contribution in [2.24, 2.45) is 0 Å². The maximum Gasteiger partial charge on any atom is 0.266 e. The largest absolute Gasteiger partial charge is 0.493 e. The lowest BCUT2D eigenvalue weighted by atomic mass is 10.1. The monoisotopic (exact) mass is 555 g/mol. The Labute approximate surface area is 215 Å². The number of methoxy groups -OCH3 is 1. The highest BCUT2D eigenvalue weighted by Gasteiger charge is 2.15. The number of ether oxygens (including phenoxy) is 2. The highest BCUT2D eigenvalue weighted by molar-refractivity contribution is 9.10. The maximum absolute atomic E-state index is 12.6. The lowest BCUT2D eigenvalue weighted by Crippen LogP contribution is -2.13. The summed E-state index contributed by atoms with van der Waals surface area (Å²) in [6, 6.07) is 19.1. The minimum absolute atomic E-state index is 0.128. The number of benzene rings is 3. The molecule has 9 heteroatoms. The van der Waals surface area contributed by atoms with Crippen LogP contribution in [0.2, 0.25) is 10.0 Å². The summed E-state index contributed by atoms with van der Waals surface area (Å²) in [6.45, 7) is 0.156. The van der Waals surface area contributed by atoms with Gasteiger partial charge in [0.25, 0.3) is 5.91 Å². The van der Waals surface area contributed by atoms with E-state index in [4.69, 9.17) is 32.7 Å². The second kappa shape index (κ2) is 11.6. The number of rotatable bonds is 7. The van der Waals surface area contributed by atoms with Crippen molar-refractivity contribution in [1.29, 1.82) is 10.5 Å². The number of nitrogens with zero attached hydrogens (tertiary/aromatic N) is 2. The SMILES string of the molecule is COc1cc(/C=C(\C#N)C(=O)Nc2ccc(Cl)c(Cl)c2)cc(Br)c1OCc1ccccc1C#N. The molecular weight excluding hydrogens is 541 g/mol. The van der Waals surface area contributed by atoms with E-state index in [2.05, 4.69) is 27.3 Å². The Kier molecular flexibility index (Phi) is 8.56. The van der Waals surface area contributed by atoms with E-state index in [1.165, 1.54) is 19.3 Å². The van der Waals surface area contributed by atoms with Crippen molar-refractivity contribution >= 4 is 56.8 Å². The first-order valence-electron chi connectivity index (χ1n) is 9.72. The van der Waals surface area contributed by atoms with Gasteiger partial charge in [0.15, 0.2) is 11.5 Å². The number of hydrogen-bond donors (Lipinski definition) is 1. The molecule has 0 spiro atoms. The third-order valence-corrected chi connectivity index (χ3v) is 5.94. The van der Waals surface area contributed by atoms with Crippen molar-refractivity contribution in [1.82, 2.24) is 0 Å². The highest BCUT2D eigenvalue weighted by atomic mass is 79.9. The zero-order valence-corrected chi connectivity index (χ0v) is 20.8. The number of nitriles is 2. The summed E-state index contributed by atoms with van der Waals surface area (Å²) in [5, 5.41) is 22.0. The highest BCUT2D eigenvalue weighted by Crippen LogP contribution is 2.38. The third kappa shape index (κ3) is 6.09. The molecule has 1 amide bonds. The maximum atomic E-state index is 12.6. The molecule has 0 heterocycles. The van der Waals surface area contributed by atoms with Gasteiger partial charge in [-0.05, 0) is 64.0 Å². The topological polar surface area (TPSA) is 95.1 Å². The molecule has 0 saturated carbocycles. The summed E-state index contributed by atoms with van der Waals surface area (Å²) in [6.07, 6.45) is 1.43. The molecule has 0 bridgehead atoms. The number of hydrogen-bond acceptors (Lipinski definition) is 5. The van der Waals surface area contributed by atoms with Crippen molar-refractivity contribution in [2.45, 2.75) is 6.61 Å². The molecular formula is C25H16BrCl2N3O3. The van der Waals surface area contributed by atoms with Crippen molar-refractivity contribution < 1.29 is 14.3 Å². The molecule has 0 aliphatic carbocycles. The Morgan fingerprint density at radius 1 is 1.12 bits per heavy atom. The Balaban J connectivity index is 1.84. The fraction of sp³-hybridized carbons (Fsp3) is 0.0800. The second-order valence-electron chi connectivity index (χ2n) is 6.84. The van der Waals surface area contributed by atoms with Crippen LogP contribution < -0.4 is 14.8 Å². The van der Waals surface area contributed by atoms with Gasteiger partial charge in [0.1, 0.15) is 18.2 Å². The van der Waals surface area contributed by atoms with Gasteiger partial charge in [0.05, 0.1) is 33.3 Å². The van der Waals surface area contributed by atoms with Crippen molar-refractivity contribution in [3.8, 4) is 23.6 Å². The van der Waals surface area contributed by atoms with Gasteiger partial charge in [0.2, 0.25) is 0 Å². The average molecular weight is 557 g/mol. The number of carbonyl (C=O) groups is 1. The van der Waals surface area contributed by atoms with Crippen LogP contribution in [0.5, 0.6) is 11.5 Å². The average Bonchev–Trinajstić information content (AvgIpc) is 2.83. The van der Waals surface area contributed by atoms with Gasteiger partial charge in [0, 0.05) is 11.3 Å². The molecule has 1 N–H and O–H groups in total. The Morgan fingerprint density at radius 3 is 2.56 bits per heavy atom. The number of carbonyl (C=O) groups excluding carboxylic acids is 1. The summed E-state index contributed by atoms with van der Waals surface area (Å²) < 4.78 is 11.9. The molecule has 0 radical (unpaired) electrons. The summed E-state index contributed by atoms with van der Waals surface area (Å²) in [5.74, 6) is 0.202. The van der Waals surface area contributed by atoms with E-state index in [0.29, 0.717) is 37.8 Å². The molecule has 3 aromatic carbocycles. The summed E-state index contributed by atoms with van der Waals surface area (Å²) >= 11 is 15.3. The molecule has 0 fully saturated rings. The van der Waals surface area contributed by atoms with E-state index >= 15 is 0 Å². The minimum atomic E-state index is -0.607. The van der Waals surface area contributed by atoms with E-state index in [-0.39, 0.29) is 17.2 Å². The van der Waals surface area contributed by atoms with E-state index in [0.717, 1.165) is 5.56 Å². The summed E-state index contributed by atoms with van der Waals surface area (Å²) in [5.41, 5.74) is 2.06. The minimum Gasteiger partial charge on any atom is -0.493 e. The van der Waals surface area contributed by atoms with Gasteiger partial charge in [-0.3, -0.25) is 4.79 Å². The zero-order valence-electron chi connectivity index (χ0n) is 17.7. The van der Waals surface area contributed by atoms with Gasteiger partial charge in [-0.15, -0.1) is 0 Å². The van der Waals surface area contributed by atoms with Gasteiger partial charge >= 0.3 is 0 Å². The summed E-state index contributed by atoms with van der Waals surface area (Å²) in [7, 11) is 1.48. The smallest absolute Gasteiger partial charge is 0.266 e. The molecule has 0 aliphatic rings. The van der Waals surface area contributed by atoms with E-state index < -0.39 is 5.91 Å². The van der Waals surface area contributed by atoms with Crippen molar-refractivity contribution in [3.63, 3.8) is 0 Å². The van der Waals surface area contributed by atoms with E-state index in [1.807, 2.05) is 18.2 Å². The van der Waals surface area contributed by atoms with Crippen LogP contribution >= 0.6 is 39.1 Å². The van der Waals surface area contributed by atoms with Crippen LogP contribution in [0.25, 0.3) is 6.08 Å². The number of halogens is 3. The zero-order chi connectivity index (χ0) is 24.7. The lowest BCUT2D eigenvalue weighted by Gasteiger charge is -2.14. The Morgan fingerprint density at radius 2 is 1.88 bits per heavy atom. The number of amides is 1. The van der Waals surface area contributed by atoms with Crippen LogP contribution in [-0.2, 0) is 11.4 Å². The predicted octanol–water partition coefficient (Wildman–Crippen LogP) is 6.76. The number of anilines is 1. The summed E-state index contributed by atoms with van der Waals surface area (Å²) in [4.78, 5) is 12.6. The van der Waals surface area contributed by atoms with Gasteiger partial charge in [-0.25, -0.2) is 0 Å². The Bertz CT molecular complexity index is 1360. The van der Waals surface area contributed by atoms with E-state index in [9.17, 15) is 15.3 Å². The molecule has 170 valence electrons. The van der Waals surface area contributed by atoms with Crippen LogP contribution in [0.4, 0.5) is 5.69 Å². The molecule has 0 unspecified atom stereocenters.